The number of piperidine rings is 1. The molecule has 0 bridgehead atoms. The fourth-order valence-electron chi connectivity index (χ4n) is 2.08. The number of aliphatic hydroxyl groups is 1. The Morgan fingerprint density at radius 3 is 3.12 bits per heavy atom. The Morgan fingerprint density at radius 1 is 1.69 bits per heavy atom. The first-order valence-corrected chi connectivity index (χ1v) is 5.44. The van der Waals surface area contributed by atoms with Crippen LogP contribution in [0.5, 0.6) is 0 Å². The first kappa shape index (κ1) is 10.9. The molecule has 6 heteroatoms. The number of aromatic nitrogens is 2. The third-order valence-corrected chi connectivity index (χ3v) is 3.00. The third-order valence-electron chi connectivity index (χ3n) is 3.00. The van der Waals surface area contributed by atoms with Crippen LogP contribution in [0.3, 0.4) is 0 Å². The van der Waals surface area contributed by atoms with E-state index in [1.165, 1.54) is 6.20 Å². The number of rotatable bonds is 2. The first-order chi connectivity index (χ1) is 7.74. The number of nitrogens with zero attached hydrogens (tertiary/aromatic N) is 2. The molecule has 4 N–H and O–H groups in total. The van der Waals surface area contributed by atoms with Crippen molar-refractivity contribution in [2.75, 3.05) is 18.9 Å². The summed E-state index contributed by atoms with van der Waals surface area (Å²) in [6.07, 6.45) is 4.30. The number of likely N-dealkylation sites (tertiary alicyclic amines) is 1. The SMILES string of the molecule is Nc1[nH]ncc1C(=O)N1CCCCC1CO. The second-order valence-electron chi connectivity index (χ2n) is 4.03. The maximum atomic E-state index is 12.1. The number of anilines is 1. The van der Waals surface area contributed by atoms with Crippen LogP contribution in [0, 0.1) is 0 Å². The second kappa shape index (κ2) is 4.52. The lowest BCUT2D eigenvalue weighted by Gasteiger charge is -2.34. The minimum atomic E-state index is -0.148. The van der Waals surface area contributed by atoms with Crippen LogP contribution in [-0.2, 0) is 0 Å². The van der Waals surface area contributed by atoms with Crippen molar-refractivity contribution in [1.29, 1.82) is 0 Å². The van der Waals surface area contributed by atoms with Crippen molar-refractivity contribution in [3.05, 3.63) is 11.8 Å². The molecule has 88 valence electrons. The van der Waals surface area contributed by atoms with E-state index in [-0.39, 0.29) is 24.4 Å². The number of carbonyl (C=O) groups excluding carboxylic acids is 1. The van der Waals surface area contributed by atoms with Crippen LogP contribution >= 0.6 is 0 Å². The van der Waals surface area contributed by atoms with Gasteiger partial charge in [-0.25, -0.2) is 0 Å². The number of amides is 1. The first-order valence-electron chi connectivity index (χ1n) is 5.44. The number of H-pyrrole nitrogens is 1. The zero-order chi connectivity index (χ0) is 11.5. The molecule has 0 aliphatic carbocycles. The molecule has 6 nitrogen and oxygen atoms in total. The maximum Gasteiger partial charge on any atom is 0.259 e. The summed E-state index contributed by atoms with van der Waals surface area (Å²) in [5, 5.41) is 15.5. The number of hydrogen-bond acceptors (Lipinski definition) is 4. The highest BCUT2D eigenvalue weighted by atomic mass is 16.3. The zero-order valence-electron chi connectivity index (χ0n) is 9.02. The standard InChI is InChI=1S/C10H16N4O2/c11-9-8(5-12-13-9)10(16)14-4-2-1-3-7(14)6-15/h5,7,15H,1-4,6H2,(H3,11,12,13). The van der Waals surface area contributed by atoms with E-state index in [1.807, 2.05) is 0 Å². The van der Waals surface area contributed by atoms with Gasteiger partial charge < -0.3 is 15.7 Å². The normalized spacial score (nSPS) is 21.1. The van der Waals surface area contributed by atoms with Gasteiger partial charge in [-0.3, -0.25) is 9.89 Å². The van der Waals surface area contributed by atoms with Gasteiger partial charge in [0.15, 0.2) is 0 Å². The summed E-state index contributed by atoms with van der Waals surface area (Å²) in [6.45, 7) is 0.679. The quantitative estimate of drug-likeness (QED) is 0.657. The molecule has 1 aromatic heterocycles. The monoisotopic (exact) mass is 224 g/mol. The van der Waals surface area contributed by atoms with Gasteiger partial charge in [-0.1, -0.05) is 0 Å². The molecule has 1 fully saturated rings. The van der Waals surface area contributed by atoms with E-state index in [2.05, 4.69) is 10.2 Å². The molecule has 1 saturated heterocycles. The van der Waals surface area contributed by atoms with Crippen molar-refractivity contribution in [3.8, 4) is 0 Å². The van der Waals surface area contributed by atoms with Crippen LogP contribution in [0.1, 0.15) is 29.6 Å². The molecule has 1 unspecified atom stereocenters. The average Bonchev–Trinajstić information content (AvgIpc) is 2.74. The van der Waals surface area contributed by atoms with Crippen molar-refractivity contribution in [2.45, 2.75) is 25.3 Å². The molecule has 1 aliphatic rings. The molecule has 1 aliphatic heterocycles. The summed E-state index contributed by atoms with van der Waals surface area (Å²) in [6, 6.07) is -0.0875. The Labute approximate surface area is 93.4 Å². The Kier molecular flexibility index (Phi) is 3.09. The molecule has 2 heterocycles. The Bertz CT molecular complexity index is 377. The van der Waals surface area contributed by atoms with Gasteiger partial charge in [0.2, 0.25) is 0 Å². The molecule has 1 aromatic rings. The highest BCUT2D eigenvalue weighted by Crippen LogP contribution is 2.20. The summed E-state index contributed by atoms with van der Waals surface area (Å²) in [7, 11) is 0. The number of nitrogens with one attached hydrogen (secondary N) is 1. The van der Waals surface area contributed by atoms with E-state index < -0.39 is 0 Å². The number of nitrogens with two attached hydrogens (primary N) is 1. The zero-order valence-corrected chi connectivity index (χ0v) is 9.02. The van der Waals surface area contributed by atoms with E-state index in [1.54, 1.807) is 4.90 Å². The summed E-state index contributed by atoms with van der Waals surface area (Å²) in [5.41, 5.74) is 6.00. The second-order valence-corrected chi connectivity index (χ2v) is 4.03. The minimum Gasteiger partial charge on any atom is -0.394 e. The lowest BCUT2D eigenvalue weighted by atomic mass is 10.0. The van der Waals surface area contributed by atoms with Gasteiger partial charge >= 0.3 is 0 Å². The van der Waals surface area contributed by atoms with Crippen molar-refractivity contribution < 1.29 is 9.90 Å². The van der Waals surface area contributed by atoms with E-state index in [0.29, 0.717) is 12.1 Å². The van der Waals surface area contributed by atoms with Crippen molar-refractivity contribution in [1.82, 2.24) is 15.1 Å². The highest BCUT2D eigenvalue weighted by Gasteiger charge is 2.28. The average molecular weight is 224 g/mol. The molecule has 0 radical (unpaired) electrons. The number of aliphatic hydroxyl groups excluding tert-OH is 1. The predicted octanol–water partition coefficient (Wildman–Crippen LogP) is -0.0211. The molecule has 16 heavy (non-hydrogen) atoms. The van der Waals surface area contributed by atoms with E-state index in [9.17, 15) is 9.90 Å². The molecule has 0 spiro atoms. The molecule has 1 atom stereocenters. The number of hydrogen-bond donors (Lipinski definition) is 3. The third kappa shape index (κ3) is 1.88. The lowest BCUT2D eigenvalue weighted by molar-refractivity contribution is 0.0504. The van der Waals surface area contributed by atoms with E-state index in [0.717, 1.165) is 19.3 Å². The molecule has 0 aromatic carbocycles. The van der Waals surface area contributed by atoms with Gasteiger partial charge in [0.05, 0.1) is 18.8 Å². The fourth-order valence-corrected chi connectivity index (χ4v) is 2.08. The molecule has 0 saturated carbocycles. The van der Waals surface area contributed by atoms with Crippen LogP contribution in [0.4, 0.5) is 5.82 Å². The predicted molar refractivity (Wildman–Crippen MR) is 58.8 cm³/mol. The lowest BCUT2D eigenvalue weighted by Crippen LogP contribution is -2.45. The van der Waals surface area contributed by atoms with Crippen molar-refractivity contribution in [3.63, 3.8) is 0 Å². The number of nitrogen functional groups attached to an aromatic ring is 1. The summed E-state index contributed by atoms with van der Waals surface area (Å²) >= 11 is 0. The van der Waals surface area contributed by atoms with Crippen LogP contribution in [-0.4, -0.2) is 45.3 Å². The maximum absolute atomic E-state index is 12.1. The summed E-state index contributed by atoms with van der Waals surface area (Å²) in [4.78, 5) is 13.8. The molecular formula is C10H16N4O2. The number of aromatic amines is 1. The largest absolute Gasteiger partial charge is 0.394 e. The minimum absolute atomic E-state index is 0.00347. The molecule has 2 rings (SSSR count). The van der Waals surface area contributed by atoms with Crippen LogP contribution in [0.25, 0.3) is 0 Å². The molecule has 1 amide bonds. The topological polar surface area (TPSA) is 95.2 Å². The van der Waals surface area contributed by atoms with Gasteiger partial charge in [0.1, 0.15) is 11.4 Å². The van der Waals surface area contributed by atoms with Gasteiger partial charge in [-0.2, -0.15) is 5.10 Å². The number of carbonyl (C=O) groups is 1. The van der Waals surface area contributed by atoms with Crippen LogP contribution < -0.4 is 5.73 Å². The van der Waals surface area contributed by atoms with Crippen molar-refractivity contribution in [2.24, 2.45) is 0 Å². The summed E-state index contributed by atoms with van der Waals surface area (Å²) < 4.78 is 0. The summed E-state index contributed by atoms with van der Waals surface area (Å²) in [5.74, 6) is 0.136. The van der Waals surface area contributed by atoms with Crippen molar-refractivity contribution >= 4 is 11.7 Å². The fraction of sp³-hybridized carbons (Fsp3) is 0.600. The van der Waals surface area contributed by atoms with Crippen LogP contribution in [0.2, 0.25) is 0 Å². The van der Waals surface area contributed by atoms with Gasteiger partial charge in [0, 0.05) is 6.54 Å². The Balaban J connectivity index is 2.17. The Morgan fingerprint density at radius 2 is 2.50 bits per heavy atom. The smallest absolute Gasteiger partial charge is 0.259 e. The molecular weight excluding hydrogens is 208 g/mol. The van der Waals surface area contributed by atoms with Gasteiger partial charge in [-0.05, 0) is 19.3 Å². The Hall–Kier alpha value is -1.56. The van der Waals surface area contributed by atoms with Gasteiger partial charge in [-0.15, -0.1) is 0 Å². The van der Waals surface area contributed by atoms with E-state index in [4.69, 9.17) is 5.73 Å². The highest BCUT2D eigenvalue weighted by molar-refractivity contribution is 5.98. The van der Waals surface area contributed by atoms with E-state index >= 15 is 0 Å². The van der Waals surface area contributed by atoms with Crippen LogP contribution in [0.15, 0.2) is 6.20 Å². The van der Waals surface area contributed by atoms with Gasteiger partial charge in [0.25, 0.3) is 5.91 Å².